The van der Waals surface area contributed by atoms with Gasteiger partial charge in [0.1, 0.15) is 0 Å². The molecule has 158 valence electrons. The predicted octanol–water partition coefficient (Wildman–Crippen LogP) is 4.06. The zero-order valence-corrected chi connectivity index (χ0v) is 20.9. The van der Waals surface area contributed by atoms with Gasteiger partial charge >= 0.3 is 0 Å². The van der Waals surface area contributed by atoms with E-state index in [0.29, 0.717) is 0 Å². The van der Waals surface area contributed by atoms with Gasteiger partial charge < -0.3 is 4.57 Å². The fourth-order valence-electron chi connectivity index (χ4n) is 4.44. The van der Waals surface area contributed by atoms with E-state index < -0.39 is 16.5 Å². The Labute approximate surface area is 188 Å². The number of benzene rings is 3. The molecule has 4 rings (SSSR count). The Kier molecular flexibility index (Phi) is 5.98. The van der Waals surface area contributed by atoms with Crippen LogP contribution in [0.3, 0.4) is 0 Å². The number of anilines is 1. The summed E-state index contributed by atoms with van der Waals surface area (Å²) in [6.45, 7) is 10.2. The maximum atomic E-state index is 4.81. The van der Waals surface area contributed by atoms with Crippen LogP contribution in [0.1, 0.15) is 6.92 Å². The number of nitrogens with zero attached hydrogens (tertiary/aromatic N) is 3. The Morgan fingerprint density at radius 3 is 1.45 bits per heavy atom. The molecule has 0 saturated carbocycles. The van der Waals surface area contributed by atoms with Gasteiger partial charge in [0.25, 0.3) is 8.24 Å². The normalized spacial score (nSPS) is 12.0. The van der Waals surface area contributed by atoms with Gasteiger partial charge in [0.05, 0.1) is 11.9 Å². The maximum absolute atomic E-state index is 4.81. The van der Waals surface area contributed by atoms with E-state index in [1.807, 2.05) is 0 Å². The van der Waals surface area contributed by atoms with Gasteiger partial charge in [-0.3, -0.25) is 4.35 Å². The monoisotopic (exact) mass is 441 g/mol. The number of aromatic nitrogens is 2. The first-order chi connectivity index (χ1) is 15.0. The summed E-state index contributed by atoms with van der Waals surface area (Å²) < 4.78 is 4.85. The van der Waals surface area contributed by atoms with Crippen LogP contribution in [0.15, 0.2) is 103 Å². The van der Waals surface area contributed by atoms with Crippen LogP contribution >= 0.6 is 0 Å². The Bertz CT molecular complexity index is 1010. The molecule has 1 aromatic heterocycles. The molecule has 0 radical (unpaired) electrons. The molecule has 0 unspecified atom stereocenters. The van der Waals surface area contributed by atoms with Crippen LogP contribution in [0.25, 0.3) is 0 Å². The molecule has 0 saturated heterocycles. The van der Waals surface area contributed by atoms with Crippen molar-refractivity contribution in [3.05, 3.63) is 103 Å². The first-order valence-corrected chi connectivity index (χ1v) is 16.4. The molecule has 5 heteroatoms. The smallest absolute Gasteiger partial charge is 0.253 e. The third-order valence-corrected chi connectivity index (χ3v) is 12.4. The minimum Gasteiger partial charge on any atom is -0.384 e. The molecule has 0 aliphatic heterocycles. The summed E-state index contributed by atoms with van der Waals surface area (Å²) in [6.07, 6.45) is 4.34. The van der Waals surface area contributed by atoms with Crippen LogP contribution in [0.2, 0.25) is 19.6 Å². The summed E-state index contributed by atoms with van der Waals surface area (Å²) in [5.74, 6) is 0. The first kappa shape index (κ1) is 21.3. The van der Waals surface area contributed by atoms with Gasteiger partial charge in [-0.2, -0.15) is 5.10 Å². The summed E-state index contributed by atoms with van der Waals surface area (Å²) in [7, 11) is -4.12. The predicted molar refractivity (Wildman–Crippen MR) is 138 cm³/mol. The first-order valence-electron chi connectivity index (χ1n) is 11.0. The molecule has 3 aromatic carbocycles. The quantitative estimate of drug-likeness (QED) is 0.319. The van der Waals surface area contributed by atoms with Crippen molar-refractivity contribution in [1.82, 2.24) is 9.45 Å². The lowest BCUT2D eigenvalue weighted by molar-refractivity contribution is 0.933. The second kappa shape index (κ2) is 8.69. The third kappa shape index (κ3) is 3.91. The van der Waals surface area contributed by atoms with Crippen molar-refractivity contribution >= 4 is 37.7 Å². The van der Waals surface area contributed by atoms with Gasteiger partial charge in [-0.15, -0.1) is 0 Å². The lowest BCUT2D eigenvalue weighted by atomic mass is 10.3. The zero-order valence-electron chi connectivity index (χ0n) is 18.9. The highest BCUT2D eigenvalue weighted by Gasteiger charge is 2.46. The van der Waals surface area contributed by atoms with E-state index in [4.69, 9.17) is 5.10 Å². The molecule has 0 aliphatic carbocycles. The van der Waals surface area contributed by atoms with Crippen molar-refractivity contribution < 1.29 is 0 Å². The molecule has 0 fully saturated rings. The standard InChI is InChI=1S/C26H31N3Si2/c1-5-28(23-21-27-29(22-23)30(2,3)4)31(24-15-9-6-10-16-24,25-17-11-7-12-18-25)26-19-13-8-14-20-26/h6-22H,5H2,1-4H3. The van der Waals surface area contributed by atoms with Gasteiger partial charge in [-0.25, -0.2) is 0 Å². The van der Waals surface area contributed by atoms with E-state index in [1.165, 1.54) is 21.2 Å². The van der Waals surface area contributed by atoms with Crippen LogP contribution in [0.4, 0.5) is 5.69 Å². The molecule has 0 atom stereocenters. The highest BCUT2D eigenvalue weighted by atomic mass is 28.3. The topological polar surface area (TPSA) is 21.1 Å². The van der Waals surface area contributed by atoms with Crippen molar-refractivity contribution in [2.45, 2.75) is 26.6 Å². The minimum atomic E-state index is -2.54. The van der Waals surface area contributed by atoms with Gasteiger partial charge in [-0.05, 0) is 42.1 Å². The van der Waals surface area contributed by atoms with Crippen molar-refractivity contribution in [3.63, 3.8) is 0 Å². The van der Waals surface area contributed by atoms with Crippen molar-refractivity contribution in [2.24, 2.45) is 0 Å². The molecule has 3 nitrogen and oxygen atoms in total. The lowest BCUT2D eigenvalue weighted by Crippen LogP contribution is -2.77. The van der Waals surface area contributed by atoms with E-state index in [1.54, 1.807) is 0 Å². The molecule has 0 aliphatic rings. The van der Waals surface area contributed by atoms with Crippen molar-refractivity contribution in [2.75, 3.05) is 11.1 Å². The summed E-state index contributed by atoms with van der Waals surface area (Å²) in [4.78, 5) is 0. The van der Waals surface area contributed by atoms with Gasteiger partial charge in [-0.1, -0.05) is 91.0 Å². The minimum absolute atomic E-state index is 0.905. The molecular formula is C26H31N3Si2. The van der Waals surface area contributed by atoms with Crippen molar-refractivity contribution in [1.29, 1.82) is 0 Å². The second-order valence-electron chi connectivity index (χ2n) is 8.87. The molecule has 1 heterocycles. The van der Waals surface area contributed by atoms with Gasteiger partial charge in [0.2, 0.25) is 0 Å². The van der Waals surface area contributed by atoms with E-state index in [2.05, 4.69) is 139 Å². The Hall–Kier alpha value is -2.90. The Morgan fingerprint density at radius 1 is 0.710 bits per heavy atom. The zero-order chi connectivity index (χ0) is 21.9. The van der Waals surface area contributed by atoms with Crippen LogP contribution in [0, 0.1) is 0 Å². The Balaban J connectivity index is 2.05. The highest BCUT2D eigenvalue weighted by molar-refractivity contribution is 7.13. The third-order valence-electron chi connectivity index (χ3n) is 5.86. The number of rotatable bonds is 7. The summed E-state index contributed by atoms with van der Waals surface area (Å²) >= 11 is 0. The fraction of sp³-hybridized carbons (Fsp3) is 0.192. The highest BCUT2D eigenvalue weighted by Crippen LogP contribution is 2.23. The van der Waals surface area contributed by atoms with E-state index in [9.17, 15) is 0 Å². The largest absolute Gasteiger partial charge is 0.384 e. The van der Waals surface area contributed by atoms with Crippen LogP contribution in [-0.2, 0) is 0 Å². The van der Waals surface area contributed by atoms with Crippen LogP contribution in [0.5, 0.6) is 0 Å². The van der Waals surface area contributed by atoms with Crippen LogP contribution in [-0.4, -0.2) is 32.5 Å². The number of hydrogen-bond donors (Lipinski definition) is 0. The van der Waals surface area contributed by atoms with E-state index >= 15 is 0 Å². The SMILES string of the molecule is CCN(c1cnn([Si](C)(C)C)c1)[Si](c1ccccc1)(c1ccccc1)c1ccccc1. The molecular weight excluding hydrogens is 410 g/mol. The second-order valence-corrected chi connectivity index (χ2v) is 17.4. The number of hydrogen-bond acceptors (Lipinski definition) is 2. The van der Waals surface area contributed by atoms with Gasteiger partial charge in [0, 0.05) is 12.7 Å². The molecule has 0 bridgehead atoms. The van der Waals surface area contributed by atoms with E-state index in [-0.39, 0.29) is 0 Å². The summed E-state index contributed by atoms with van der Waals surface area (Å²) in [6, 6.07) is 33.2. The maximum Gasteiger partial charge on any atom is 0.253 e. The van der Waals surface area contributed by atoms with E-state index in [0.717, 1.165) is 6.54 Å². The lowest BCUT2D eigenvalue weighted by Gasteiger charge is -2.44. The Morgan fingerprint density at radius 2 is 1.13 bits per heavy atom. The van der Waals surface area contributed by atoms with Crippen LogP contribution < -0.4 is 20.1 Å². The molecule has 0 N–H and O–H groups in total. The fourth-order valence-corrected chi connectivity index (χ4v) is 10.3. The van der Waals surface area contributed by atoms with Crippen molar-refractivity contribution in [3.8, 4) is 0 Å². The summed E-state index contributed by atoms with van der Waals surface area (Å²) in [5.41, 5.74) is 1.20. The van der Waals surface area contributed by atoms with Gasteiger partial charge in [0.15, 0.2) is 8.24 Å². The molecule has 4 aromatic rings. The molecule has 0 spiro atoms. The molecule has 31 heavy (non-hydrogen) atoms. The summed E-state index contributed by atoms with van der Waals surface area (Å²) in [5, 5.41) is 8.96. The molecule has 0 amide bonds. The average Bonchev–Trinajstić information content (AvgIpc) is 3.30. The average molecular weight is 442 g/mol.